The van der Waals surface area contributed by atoms with Crippen LogP contribution in [-0.4, -0.2) is 31.1 Å². The first-order valence-electron chi connectivity index (χ1n) is 6.38. The lowest BCUT2D eigenvalue weighted by atomic mass is 10.0. The average molecular weight is 289 g/mol. The molecule has 0 aromatic heterocycles. The van der Waals surface area contributed by atoms with Crippen molar-refractivity contribution in [3.8, 4) is 0 Å². The molecule has 2 rings (SSSR count). The topological polar surface area (TPSA) is 15.3 Å². The van der Waals surface area contributed by atoms with Crippen molar-refractivity contribution in [1.82, 2.24) is 10.2 Å². The lowest BCUT2D eigenvalue weighted by Crippen LogP contribution is -2.42. The Hall–Kier alpha value is -0.280. The number of piperidine rings is 1. The van der Waals surface area contributed by atoms with Gasteiger partial charge in [-0.25, -0.2) is 0 Å². The van der Waals surface area contributed by atoms with E-state index in [0.29, 0.717) is 12.1 Å². The van der Waals surface area contributed by atoms with E-state index < -0.39 is 0 Å². The average Bonchev–Trinajstić information content (AvgIpc) is 2.39. The summed E-state index contributed by atoms with van der Waals surface area (Å²) in [6.07, 6.45) is 2.45. The highest BCUT2D eigenvalue weighted by Crippen LogP contribution is 2.29. The van der Waals surface area contributed by atoms with Crippen LogP contribution in [0.15, 0.2) is 24.3 Å². The van der Waals surface area contributed by atoms with E-state index in [1.165, 1.54) is 18.4 Å². The van der Waals surface area contributed by atoms with Gasteiger partial charge in [-0.05, 0) is 38.4 Å². The van der Waals surface area contributed by atoms with Crippen LogP contribution < -0.4 is 5.32 Å². The summed E-state index contributed by atoms with van der Waals surface area (Å²) in [5, 5.41) is 4.25. The molecule has 1 unspecified atom stereocenters. The Morgan fingerprint density at radius 3 is 2.44 bits per heavy atom. The minimum Gasteiger partial charge on any atom is -0.317 e. The van der Waals surface area contributed by atoms with Crippen LogP contribution in [0.4, 0.5) is 0 Å². The van der Waals surface area contributed by atoms with Gasteiger partial charge in [0, 0.05) is 30.2 Å². The van der Waals surface area contributed by atoms with Crippen LogP contribution in [0.2, 0.25) is 5.02 Å². The summed E-state index contributed by atoms with van der Waals surface area (Å²) in [4.78, 5) is 2.52. The monoisotopic (exact) mass is 288 g/mol. The summed E-state index contributed by atoms with van der Waals surface area (Å²) in [6, 6.07) is 9.28. The number of benzene rings is 1. The Kier molecular flexibility index (Phi) is 6.44. The minimum absolute atomic E-state index is 0. The molecule has 1 aromatic rings. The van der Waals surface area contributed by atoms with Gasteiger partial charge in [0.15, 0.2) is 0 Å². The maximum Gasteiger partial charge on any atom is 0.0453 e. The molecule has 1 aliphatic rings. The molecule has 0 bridgehead atoms. The van der Waals surface area contributed by atoms with Crippen LogP contribution >= 0.6 is 24.0 Å². The number of likely N-dealkylation sites (tertiary alicyclic amines) is 1. The maximum atomic E-state index is 6.26. The van der Waals surface area contributed by atoms with Gasteiger partial charge in [0.2, 0.25) is 0 Å². The second kappa shape index (κ2) is 7.34. The third kappa shape index (κ3) is 3.61. The van der Waals surface area contributed by atoms with E-state index in [-0.39, 0.29) is 12.4 Å². The van der Waals surface area contributed by atoms with E-state index in [1.54, 1.807) is 0 Å². The molecular formula is C14H22Cl2N2. The molecule has 1 fully saturated rings. The lowest BCUT2D eigenvalue weighted by Gasteiger charge is -2.36. The van der Waals surface area contributed by atoms with Crippen LogP contribution in [-0.2, 0) is 0 Å². The van der Waals surface area contributed by atoms with Gasteiger partial charge in [0.1, 0.15) is 0 Å². The van der Waals surface area contributed by atoms with Gasteiger partial charge in [-0.15, -0.1) is 12.4 Å². The predicted molar refractivity (Wildman–Crippen MR) is 80.8 cm³/mol. The van der Waals surface area contributed by atoms with Gasteiger partial charge >= 0.3 is 0 Å². The quantitative estimate of drug-likeness (QED) is 0.916. The van der Waals surface area contributed by atoms with Crippen molar-refractivity contribution in [2.75, 3.05) is 20.1 Å². The number of hydrogen-bond donors (Lipinski definition) is 1. The molecule has 4 heteroatoms. The molecule has 1 aliphatic heterocycles. The minimum atomic E-state index is 0. The zero-order valence-electron chi connectivity index (χ0n) is 11.0. The summed E-state index contributed by atoms with van der Waals surface area (Å²) in [7, 11) is 2.05. The molecule has 0 saturated carbocycles. The van der Waals surface area contributed by atoms with E-state index in [9.17, 15) is 0 Å². The zero-order chi connectivity index (χ0) is 12.3. The van der Waals surface area contributed by atoms with Gasteiger partial charge in [-0.2, -0.15) is 0 Å². The molecule has 1 saturated heterocycles. The molecule has 1 aromatic carbocycles. The second-order valence-electron chi connectivity index (χ2n) is 4.80. The number of hydrogen-bond acceptors (Lipinski definition) is 2. The molecular weight excluding hydrogens is 267 g/mol. The second-order valence-corrected chi connectivity index (χ2v) is 5.20. The predicted octanol–water partition coefficient (Wildman–Crippen LogP) is 3.51. The third-order valence-electron chi connectivity index (χ3n) is 3.84. The van der Waals surface area contributed by atoms with Crippen molar-refractivity contribution in [2.24, 2.45) is 0 Å². The van der Waals surface area contributed by atoms with Gasteiger partial charge in [0.05, 0.1) is 0 Å². The molecule has 0 aliphatic carbocycles. The largest absolute Gasteiger partial charge is 0.317 e. The molecule has 0 spiro atoms. The summed E-state index contributed by atoms with van der Waals surface area (Å²) in [5.41, 5.74) is 1.25. The first-order chi connectivity index (χ1) is 8.22. The van der Waals surface area contributed by atoms with Gasteiger partial charge in [-0.3, -0.25) is 4.90 Å². The fourth-order valence-electron chi connectivity index (χ4n) is 2.59. The molecule has 1 atom stereocenters. The number of rotatable bonds is 3. The Morgan fingerprint density at radius 1 is 1.28 bits per heavy atom. The Bertz CT molecular complexity index is 363. The maximum absolute atomic E-state index is 6.26. The smallest absolute Gasteiger partial charge is 0.0453 e. The van der Waals surface area contributed by atoms with Crippen molar-refractivity contribution >= 4 is 24.0 Å². The standard InChI is InChI=1S/C14H21ClN2.ClH/c1-11(13-5-3-4-6-14(13)15)17-9-7-12(16-2)8-10-17;/h3-6,11-12,16H,7-10H2,1-2H3;1H. The normalized spacial score (nSPS) is 19.3. The lowest BCUT2D eigenvalue weighted by molar-refractivity contribution is 0.155. The van der Waals surface area contributed by atoms with Crippen molar-refractivity contribution in [2.45, 2.75) is 31.8 Å². The van der Waals surface area contributed by atoms with Crippen molar-refractivity contribution < 1.29 is 0 Å². The van der Waals surface area contributed by atoms with E-state index in [1.807, 2.05) is 12.1 Å². The van der Waals surface area contributed by atoms with Crippen molar-refractivity contribution in [1.29, 1.82) is 0 Å². The Morgan fingerprint density at radius 2 is 1.89 bits per heavy atom. The summed E-state index contributed by atoms with van der Waals surface area (Å²) >= 11 is 6.26. The molecule has 0 radical (unpaired) electrons. The molecule has 0 amide bonds. The van der Waals surface area contributed by atoms with Gasteiger partial charge < -0.3 is 5.32 Å². The van der Waals surface area contributed by atoms with Crippen LogP contribution in [0.1, 0.15) is 31.4 Å². The fraction of sp³-hybridized carbons (Fsp3) is 0.571. The molecule has 102 valence electrons. The summed E-state index contributed by atoms with van der Waals surface area (Å²) < 4.78 is 0. The zero-order valence-corrected chi connectivity index (χ0v) is 12.6. The van der Waals surface area contributed by atoms with Crippen LogP contribution in [0, 0.1) is 0 Å². The third-order valence-corrected chi connectivity index (χ3v) is 4.19. The highest BCUT2D eigenvalue weighted by Gasteiger charge is 2.23. The van der Waals surface area contributed by atoms with E-state index in [2.05, 4.69) is 36.3 Å². The van der Waals surface area contributed by atoms with Crippen LogP contribution in [0.25, 0.3) is 0 Å². The van der Waals surface area contributed by atoms with Gasteiger partial charge in [-0.1, -0.05) is 29.8 Å². The van der Waals surface area contributed by atoms with E-state index >= 15 is 0 Å². The van der Waals surface area contributed by atoms with Crippen molar-refractivity contribution in [3.05, 3.63) is 34.9 Å². The Balaban J connectivity index is 0.00000162. The molecule has 2 nitrogen and oxygen atoms in total. The first-order valence-corrected chi connectivity index (χ1v) is 6.76. The fourth-order valence-corrected chi connectivity index (χ4v) is 2.88. The highest BCUT2D eigenvalue weighted by atomic mass is 35.5. The van der Waals surface area contributed by atoms with Gasteiger partial charge in [0.25, 0.3) is 0 Å². The highest BCUT2D eigenvalue weighted by molar-refractivity contribution is 6.31. The SMILES string of the molecule is CNC1CCN(C(C)c2ccccc2Cl)CC1.Cl. The number of nitrogens with zero attached hydrogens (tertiary/aromatic N) is 1. The number of halogens is 2. The van der Waals surface area contributed by atoms with Crippen molar-refractivity contribution in [3.63, 3.8) is 0 Å². The summed E-state index contributed by atoms with van der Waals surface area (Å²) in [5.74, 6) is 0. The number of nitrogens with one attached hydrogen (secondary N) is 1. The molecule has 18 heavy (non-hydrogen) atoms. The van der Waals surface area contributed by atoms with E-state index in [0.717, 1.165) is 18.1 Å². The van der Waals surface area contributed by atoms with E-state index in [4.69, 9.17) is 11.6 Å². The molecule has 1 N–H and O–H groups in total. The van der Waals surface area contributed by atoms with Crippen LogP contribution in [0.5, 0.6) is 0 Å². The first kappa shape index (κ1) is 15.8. The van der Waals surface area contributed by atoms with Crippen LogP contribution in [0.3, 0.4) is 0 Å². The Labute approximate surface area is 121 Å². The molecule has 1 heterocycles. The summed E-state index contributed by atoms with van der Waals surface area (Å²) in [6.45, 7) is 4.55.